The summed E-state index contributed by atoms with van der Waals surface area (Å²) in [6.45, 7) is 2.07. The Labute approximate surface area is 165 Å². The van der Waals surface area contributed by atoms with E-state index in [-0.39, 0.29) is 10.6 Å². The molecule has 1 amide bonds. The first kappa shape index (κ1) is 19.4. The maximum absolute atomic E-state index is 12.7. The molecule has 0 spiro atoms. The molecule has 0 bridgehead atoms. The van der Waals surface area contributed by atoms with Crippen molar-refractivity contribution in [3.8, 4) is 5.75 Å². The van der Waals surface area contributed by atoms with Crippen molar-refractivity contribution in [2.45, 2.75) is 11.8 Å². The Morgan fingerprint density at radius 3 is 2.70 bits per heavy atom. The van der Waals surface area contributed by atoms with Crippen molar-refractivity contribution in [3.05, 3.63) is 58.7 Å². The van der Waals surface area contributed by atoms with Gasteiger partial charge in [-0.25, -0.2) is 8.42 Å². The zero-order valence-electron chi connectivity index (χ0n) is 14.7. The highest BCUT2D eigenvalue weighted by atomic mass is 79.9. The summed E-state index contributed by atoms with van der Waals surface area (Å²) in [7, 11) is -2.21. The van der Waals surface area contributed by atoms with E-state index in [4.69, 9.17) is 4.74 Å². The molecule has 142 valence electrons. The van der Waals surface area contributed by atoms with E-state index < -0.39 is 15.9 Å². The van der Waals surface area contributed by atoms with Crippen molar-refractivity contribution in [1.29, 1.82) is 0 Å². The molecule has 2 aromatic carbocycles. The number of aryl methyl sites for hydroxylation is 1. The number of ether oxygens (including phenoxy) is 1. The summed E-state index contributed by atoms with van der Waals surface area (Å²) in [6, 6.07) is 12.0. The van der Waals surface area contributed by atoms with Crippen molar-refractivity contribution < 1.29 is 17.9 Å². The summed E-state index contributed by atoms with van der Waals surface area (Å²) in [5.74, 6) is -0.351. The first-order valence-corrected chi connectivity index (χ1v) is 10.4. The molecule has 3 aromatic rings. The van der Waals surface area contributed by atoms with E-state index in [1.54, 1.807) is 35.9 Å². The number of carbonyl (C=O) groups is 1. The molecule has 2 N–H and O–H groups in total. The molecule has 3 rings (SSSR count). The molecule has 9 heteroatoms. The molecule has 0 fully saturated rings. The van der Waals surface area contributed by atoms with Gasteiger partial charge in [-0.05, 0) is 31.2 Å². The van der Waals surface area contributed by atoms with Gasteiger partial charge in [0.15, 0.2) is 0 Å². The molecule has 0 saturated heterocycles. The van der Waals surface area contributed by atoms with E-state index in [1.807, 2.05) is 25.2 Å². The van der Waals surface area contributed by atoms with E-state index in [9.17, 15) is 13.2 Å². The number of halogens is 1. The number of carbonyl (C=O) groups excluding carboxylic acids is 1. The molecule has 0 aliphatic heterocycles. The van der Waals surface area contributed by atoms with Crippen LogP contribution in [0, 0.1) is 0 Å². The summed E-state index contributed by atoms with van der Waals surface area (Å²) < 4.78 is 33.1. The number of fused-ring (bicyclic) bond motifs is 1. The molecule has 0 atom stereocenters. The van der Waals surface area contributed by atoms with Gasteiger partial charge in [0.25, 0.3) is 15.9 Å². The fraction of sp³-hybridized carbons (Fsp3) is 0.167. The van der Waals surface area contributed by atoms with Crippen molar-refractivity contribution in [1.82, 2.24) is 14.8 Å². The number of hydrogen-bond acceptors (Lipinski definition) is 4. The second-order valence-electron chi connectivity index (χ2n) is 5.75. The Morgan fingerprint density at radius 1 is 1.22 bits per heavy atom. The van der Waals surface area contributed by atoms with Crippen molar-refractivity contribution in [2.75, 3.05) is 6.61 Å². The molecule has 7 nitrogen and oxygen atoms in total. The van der Waals surface area contributed by atoms with E-state index in [0.29, 0.717) is 16.6 Å². The summed E-state index contributed by atoms with van der Waals surface area (Å²) in [5, 5.41) is 0.731. The van der Waals surface area contributed by atoms with Crippen LogP contribution in [-0.2, 0) is 17.1 Å². The largest absolute Gasteiger partial charge is 0.492 e. The summed E-state index contributed by atoms with van der Waals surface area (Å²) in [5.41, 5.74) is 3.51. The summed E-state index contributed by atoms with van der Waals surface area (Å²) >= 11 is 3.25. The number of amides is 1. The molecule has 0 aliphatic rings. The highest BCUT2D eigenvalue weighted by Crippen LogP contribution is 2.27. The Morgan fingerprint density at radius 2 is 1.96 bits per heavy atom. The van der Waals surface area contributed by atoms with E-state index in [2.05, 4.69) is 26.2 Å². The monoisotopic (exact) mass is 451 g/mol. The summed E-state index contributed by atoms with van der Waals surface area (Å²) in [6.07, 6.45) is 1.65. The molecule has 1 heterocycles. The van der Waals surface area contributed by atoms with Gasteiger partial charge in [-0.3, -0.25) is 10.2 Å². The minimum Gasteiger partial charge on any atom is -0.492 e. The maximum atomic E-state index is 12.7. The number of benzene rings is 2. The van der Waals surface area contributed by atoms with Crippen LogP contribution in [0.3, 0.4) is 0 Å². The van der Waals surface area contributed by atoms with Crippen LogP contribution in [0.2, 0.25) is 0 Å². The zero-order valence-corrected chi connectivity index (χ0v) is 17.1. The van der Waals surface area contributed by atoms with E-state index >= 15 is 0 Å². The second kappa shape index (κ2) is 7.71. The van der Waals surface area contributed by atoms with Gasteiger partial charge in [0.1, 0.15) is 10.6 Å². The third-order valence-electron chi connectivity index (χ3n) is 3.94. The first-order valence-electron chi connectivity index (χ1n) is 8.12. The standard InChI is InChI=1S/C18H18BrN3O4S/c1-3-26-16-9-8-12(19)10-17(16)27(24,25)21-20-18(23)14-11-22(2)15-7-5-4-6-13(14)15/h4-11,21H,3H2,1-2H3,(H,20,23). The molecule has 1 aromatic heterocycles. The number of nitrogens with one attached hydrogen (secondary N) is 2. The fourth-order valence-electron chi connectivity index (χ4n) is 2.73. The number of hydrogen-bond donors (Lipinski definition) is 2. The van der Waals surface area contributed by atoms with E-state index in [1.165, 1.54) is 6.07 Å². The molecular weight excluding hydrogens is 434 g/mol. The third-order valence-corrected chi connectivity index (χ3v) is 5.70. The lowest BCUT2D eigenvalue weighted by Crippen LogP contribution is -2.41. The smallest absolute Gasteiger partial charge is 0.268 e. The zero-order chi connectivity index (χ0) is 19.6. The highest BCUT2D eigenvalue weighted by Gasteiger charge is 2.22. The van der Waals surface area contributed by atoms with Crippen LogP contribution in [0.15, 0.2) is 58.0 Å². The van der Waals surface area contributed by atoms with Crippen molar-refractivity contribution in [3.63, 3.8) is 0 Å². The fourth-order valence-corrected chi connectivity index (χ4v) is 4.25. The van der Waals surface area contributed by atoms with Crippen molar-refractivity contribution >= 4 is 42.8 Å². The van der Waals surface area contributed by atoms with Crippen LogP contribution in [0.1, 0.15) is 17.3 Å². The SMILES string of the molecule is CCOc1ccc(Br)cc1S(=O)(=O)NNC(=O)c1cn(C)c2ccccc12. The molecule has 0 unspecified atom stereocenters. The number of hydrazine groups is 1. The number of sulfonamides is 1. The van der Waals surface area contributed by atoms with Gasteiger partial charge in [-0.1, -0.05) is 34.1 Å². The molecule has 0 radical (unpaired) electrons. The summed E-state index contributed by atoms with van der Waals surface area (Å²) in [4.78, 5) is 14.6. The lowest BCUT2D eigenvalue weighted by atomic mass is 10.2. The van der Waals surface area contributed by atoms with Gasteiger partial charge in [-0.15, -0.1) is 4.83 Å². The molecule has 27 heavy (non-hydrogen) atoms. The van der Waals surface area contributed by atoms with Gasteiger partial charge in [0, 0.05) is 28.6 Å². The quantitative estimate of drug-likeness (QED) is 0.563. The van der Waals surface area contributed by atoms with Crippen LogP contribution >= 0.6 is 15.9 Å². The highest BCUT2D eigenvalue weighted by molar-refractivity contribution is 9.10. The lowest BCUT2D eigenvalue weighted by Gasteiger charge is -2.12. The topological polar surface area (TPSA) is 89.4 Å². The van der Waals surface area contributed by atoms with Crippen LogP contribution in [0.25, 0.3) is 10.9 Å². The minimum atomic E-state index is -4.03. The van der Waals surface area contributed by atoms with E-state index in [0.717, 1.165) is 10.9 Å². The number of rotatable bonds is 6. The average molecular weight is 452 g/mol. The van der Waals surface area contributed by atoms with Crippen LogP contribution < -0.4 is 15.0 Å². The minimum absolute atomic E-state index is 0.0723. The normalized spacial score (nSPS) is 11.5. The molecule has 0 saturated carbocycles. The van der Waals surface area contributed by atoms with Gasteiger partial charge in [-0.2, -0.15) is 0 Å². The Bertz CT molecular complexity index is 1110. The van der Waals surface area contributed by atoms with Gasteiger partial charge >= 0.3 is 0 Å². The predicted octanol–water partition coefficient (Wildman–Crippen LogP) is 2.96. The Kier molecular flexibility index (Phi) is 5.54. The Hall–Kier alpha value is -2.36. The lowest BCUT2D eigenvalue weighted by molar-refractivity contribution is 0.0946. The maximum Gasteiger partial charge on any atom is 0.268 e. The second-order valence-corrected chi connectivity index (χ2v) is 8.32. The van der Waals surface area contributed by atoms with Crippen LogP contribution in [0.5, 0.6) is 5.75 Å². The van der Waals surface area contributed by atoms with Gasteiger partial charge in [0.2, 0.25) is 0 Å². The molecular formula is C18H18BrN3O4S. The van der Waals surface area contributed by atoms with Crippen LogP contribution in [-0.4, -0.2) is 25.5 Å². The number of para-hydroxylation sites is 1. The Balaban J connectivity index is 1.85. The number of aromatic nitrogens is 1. The van der Waals surface area contributed by atoms with Gasteiger partial charge in [0.05, 0.1) is 12.2 Å². The third kappa shape index (κ3) is 4.00. The predicted molar refractivity (Wildman–Crippen MR) is 106 cm³/mol. The number of nitrogens with zero attached hydrogens (tertiary/aromatic N) is 1. The van der Waals surface area contributed by atoms with Gasteiger partial charge < -0.3 is 9.30 Å². The first-order chi connectivity index (χ1) is 12.8. The van der Waals surface area contributed by atoms with Crippen molar-refractivity contribution in [2.24, 2.45) is 7.05 Å². The van der Waals surface area contributed by atoms with Crippen LogP contribution in [0.4, 0.5) is 0 Å². The molecule has 0 aliphatic carbocycles. The average Bonchev–Trinajstić information content (AvgIpc) is 2.99.